The molecule has 2 aliphatic heterocycles. The number of ether oxygens (including phenoxy) is 3. The maximum Gasteiger partial charge on any atom is 0.263 e. The molecule has 1 saturated heterocycles. The summed E-state index contributed by atoms with van der Waals surface area (Å²) in [6.07, 6.45) is 4.72. The van der Waals surface area contributed by atoms with Crippen molar-refractivity contribution in [2.45, 2.75) is 12.8 Å². The second-order valence-electron chi connectivity index (χ2n) is 7.71. The Hall–Kier alpha value is -3.81. The van der Waals surface area contributed by atoms with Gasteiger partial charge in [-0.25, -0.2) is 9.97 Å². The van der Waals surface area contributed by atoms with Gasteiger partial charge in [-0.15, -0.1) is 0 Å². The number of benzene rings is 2. The summed E-state index contributed by atoms with van der Waals surface area (Å²) in [5, 5.41) is 3.01. The lowest BCUT2D eigenvalue weighted by atomic mass is 9.96. The van der Waals surface area contributed by atoms with Crippen LogP contribution < -0.4 is 24.4 Å². The molecule has 1 aromatic heterocycles. The van der Waals surface area contributed by atoms with Crippen LogP contribution >= 0.6 is 0 Å². The van der Waals surface area contributed by atoms with Crippen LogP contribution in [-0.4, -0.2) is 42.2 Å². The van der Waals surface area contributed by atoms with Gasteiger partial charge in [0.25, 0.3) is 5.88 Å². The Morgan fingerprint density at radius 1 is 0.969 bits per heavy atom. The Morgan fingerprint density at radius 3 is 2.53 bits per heavy atom. The van der Waals surface area contributed by atoms with E-state index in [1.165, 1.54) is 0 Å². The molecule has 0 saturated carbocycles. The molecule has 1 fully saturated rings. The third kappa shape index (κ3) is 4.44. The smallest absolute Gasteiger partial charge is 0.263 e. The fraction of sp³-hybridized carbons (Fsp3) is 0.292. The summed E-state index contributed by atoms with van der Waals surface area (Å²) >= 11 is 0. The van der Waals surface area contributed by atoms with E-state index in [1.54, 1.807) is 12.4 Å². The SMILES string of the molecule is O=C(Nc1ccc2c(c1)OCCO2)C1CCN(c2nccnc2Oc2ccccc2)CC1. The summed E-state index contributed by atoms with van der Waals surface area (Å²) in [6, 6.07) is 15.0. The van der Waals surface area contributed by atoms with E-state index in [-0.39, 0.29) is 11.8 Å². The van der Waals surface area contributed by atoms with Crippen LogP contribution in [-0.2, 0) is 4.79 Å². The first-order valence-corrected chi connectivity index (χ1v) is 10.8. The van der Waals surface area contributed by atoms with Crippen LogP contribution in [0.25, 0.3) is 0 Å². The predicted molar refractivity (Wildman–Crippen MR) is 120 cm³/mol. The summed E-state index contributed by atoms with van der Waals surface area (Å²) in [4.78, 5) is 23.8. The van der Waals surface area contributed by atoms with Gasteiger partial charge in [-0.05, 0) is 37.1 Å². The van der Waals surface area contributed by atoms with Gasteiger partial charge < -0.3 is 24.4 Å². The lowest BCUT2D eigenvalue weighted by Crippen LogP contribution is -2.38. The molecule has 3 heterocycles. The first kappa shape index (κ1) is 20.1. The van der Waals surface area contributed by atoms with E-state index in [1.807, 2.05) is 48.5 Å². The molecule has 0 unspecified atom stereocenters. The summed E-state index contributed by atoms with van der Waals surface area (Å²) in [5.74, 6) is 3.19. The van der Waals surface area contributed by atoms with Gasteiger partial charge in [0.2, 0.25) is 5.91 Å². The molecule has 5 rings (SSSR count). The quantitative estimate of drug-likeness (QED) is 0.654. The average Bonchev–Trinajstić information content (AvgIpc) is 2.85. The van der Waals surface area contributed by atoms with E-state index in [2.05, 4.69) is 20.2 Å². The second-order valence-corrected chi connectivity index (χ2v) is 7.71. The average molecular weight is 432 g/mol. The number of fused-ring (bicyclic) bond motifs is 1. The molecule has 1 amide bonds. The normalized spacial score (nSPS) is 15.8. The van der Waals surface area contributed by atoms with Crippen molar-refractivity contribution >= 4 is 17.4 Å². The summed E-state index contributed by atoms with van der Waals surface area (Å²) < 4.78 is 17.1. The van der Waals surface area contributed by atoms with Crippen LogP contribution in [0.4, 0.5) is 11.5 Å². The zero-order valence-electron chi connectivity index (χ0n) is 17.6. The van der Waals surface area contributed by atoms with Crippen LogP contribution in [0.1, 0.15) is 12.8 Å². The number of anilines is 2. The molecule has 8 heteroatoms. The minimum Gasteiger partial charge on any atom is -0.486 e. The van der Waals surface area contributed by atoms with Crippen LogP contribution in [0.5, 0.6) is 23.1 Å². The Balaban J connectivity index is 1.21. The number of amides is 1. The fourth-order valence-electron chi connectivity index (χ4n) is 3.93. The molecule has 2 aromatic carbocycles. The zero-order chi connectivity index (χ0) is 21.8. The fourth-order valence-corrected chi connectivity index (χ4v) is 3.93. The van der Waals surface area contributed by atoms with Crippen molar-refractivity contribution in [3.8, 4) is 23.1 Å². The molecular weight excluding hydrogens is 408 g/mol. The van der Waals surface area contributed by atoms with Crippen molar-refractivity contribution < 1.29 is 19.0 Å². The number of aromatic nitrogens is 2. The first-order chi connectivity index (χ1) is 15.8. The molecule has 0 radical (unpaired) electrons. The number of hydrogen-bond donors (Lipinski definition) is 1. The van der Waals surface area contributed by atoms with Crippen LogP contribution in [0.2, 0.25) is 0 Å². The lowest BCUT2D eigenvalue weighted by Gasteiger charge is -2.32. The van der Waals surface area contributed by atoms with E-state index >= 15 is 0 Å². The summed E-state index contributed by atoms with van der Waals surface area (Å²) in [5.41, 5.74) is 0.717. The lowest BCUT2D eigenvalue weighted by molar-refractivity contribution is -0.120. The molecule has 0 aliphatic carbocycles. The van der Waals surface area contributed by atoms with Crippen LogP contribution in [0, 0.1) is 5.92 Å². The van der Waals surface area contributed by atoms with Crippen molar-refractivity contribution in [2.75, 3.05) is 36.5 Å². The Labute approximate surface area is 186 Å². The second kappa shape index (κ2) is 9.13. The Morgan fingerprint density at radius 2 is 1.72 bits per heavy atom. The highest BCUT2D eigenvalue weighted by molar-refractivity contribution is 5.93. The van der Waals surface area contributed by atoms with Crippen LogP contribution in [0.3, 0.4) is 0 Å². The molecule has 3 aromatic rings. The van der Waals surface area contributed by atoms with Crippen molar-refractivity contribution in [3.63, 3.8) is 0 Å². The van der Waals surface area contributed by atoms with Gasteiger partial charge in [-0.2, -0.15) is 0 Å². The van der Waals surface area contributed by atoms with E-state index in [9.17, 15) is 4.79 Å². The summed E-state index contributed by atoms with van der Waals surface area (Å²) in [7, 11) is 0. The molecule has 0 atom stereocenters. The van der Waals surface area contributed by atoms with Gasteiger partial charge in [0.05, 0.1) is 0 Å². The van der Waals surface area contributed by atoms with Crippen molar-refractivity contribution in [2.24, 2.45) is 5.92 Å². The molecule has 164 valence electrons. The predicted octanol–water partition coefficient (Wildman–Crippen LogP) is 3.90. The number of nitrogens with one attached hydrogen (secondary N) is 1. The number of hydrogen-bond acceptors (Lipinski definition) is 7. The maximum atomic E-state index is 12.8. The van der Waals surface area contributed by atoms with E-state index in [0.717, 1.165) is 12.8 Å². The van der Waals surface area contributed by atoms with E-state index < -0.39 is 0 Å². The molecule has 0 spiro atoms. The summed E-state index contributed by atoms with van der Waals surface area (Å²) in [6.45, 7) is 2.45. The molecular formula is C24H24N4O4. The first-order valence-electron chi connectivity index (χ1n) is 10.8. The number of nitrogens with zero attached hydrogens (tertiary/aromatic N) is 3. The van der Waals surface area contributed by atoms with Gasteiger partial charge in [0.1, 0.15) is 19.0 Å². The van der Waals surface area contributed by atoms with Crippen molar-refractivity contribution in [1.29, 1.82) is 0 Å². The Kier molecular flexibility index (Phi) is 5.74. The van der Waals surface area contributed by atoms with Gasteiger partial charge in [0, 0.05) is 43.2 Å². The number of carbonyl (C=O) groups excluding carboxylic acids is 1. The monoisotopic (exact) mass is 432 g/mol. The van der Waals surface area contributed by atoms with Gasteiger partial charge in [-0.1, -0.05) is 18.2 Å². The molecule has 0 bridgehead atoms. The number of rotatable bonds is 5. The number of piperidine rings is 1. The highest BCUT2D eigenvalue weighted by atomic mass is 16.6. The van der Waals surface area contributed by atoms with Crippen molar-refractivity contribution in [3.05, 3.63) is 60.9 Å². The van der Waals surface area contributed by atoms with Gasteiger partial charge in [-0.3, -0.25) is 4.79 Å². The number of carbonyl (C=O) groups is 1. The van der Waals surface area contributed by atoms with Gasteiger partial charge >= 0.3 is 0 Å². The molecule has 8 nitrogen and oxygen atoms in total. The maximum absolute atomic E-state index is 12.8. The Bertz CT molecular complexity index is 1080. The van der Waals surface area contributed by atoms with E-state index in [4.69, 9.17) is 14.2 Å². The molecule has 32 heavy (non-hydrogen) atoms. The van der Waals surface area contributed by atoms with Gasteiger partial charge in [0.15, 0.2) is 17.3 Å². The zero-order valence-corrected chi connectivity index (χ0v) is 17.6. The highest BCUT2D eigenvalue weighted by Crippen LogP contribution is 2.34. The minimum atomic E-state index is -0.0744. The molecule has 1 N–H and O–H groups in total. The van der Waals surface area contributed by atoms with E-state index in [0.29, 0.717) is 60.9 Å². The molecule has 2 aliphatic rings. The third-order valence-corrected chi connectivity index (χ3v) is 5.58. The topological polar surface area (TPSA) is 85.8 Å². The third-order valence-electron chi connectivity index (χ3n) is 5.58. The van der Waals surface area contributed by atoms with Crippen LogP contribution in [0.15, 0.2) is 60.9 Å². The number of para-hydroxylation sites is 1. The largest absolute Gasteiger partial charge is 0.486 e. The highest BCUT2D eigenvalue weighted by Gasteiger charge is 2.28. The standard InChI is InChI=1S/C24H24N4O4/c29-23(27-18-6-7-20-21(16-18)31-15-14-30-20)17-8-12-28(13-9-17)22-24(26-11-10-25-22)32-19-4-2-1-3-5-19/h1-7,10-11,16-17H,8-9,12-15H2,(H,27,29). The van der Waals surface area contributed by atoms with Crippen molar-refractivity contribution in [1.82, 2.24) is 9.97 Å². The minimum absolute atomic E-state index is 0.0150.